The van der Waals surface area contributed by atoms with Crippen molar-refractivity contribution < 1.29 is 28.5 Å². The summed E-state index contributed by atoms with van der Waals surface area (Å²) in [7, 11) is 2.87. The van der Waals surface area contributed by atoms with Crippen molar-refractivity contribution in [3.05, 3.63) is 47.8 Å². The third-order valence-corrected chi connectivity index (χ3v) is 3.89. The lowest BCUT2D eigenvalue weighted by Crippen LogP contribution is -2.25. The van der Waals surface area contributed by atoms with Crippen LogP contribution in [0.1, 0.15) is 31.2 Å². The summed E-state index contributed by atoms with van der Waals surface area (Å²) in [6, 6.07) is 6.71. The lowest BCUT2D eigenvalue weighted by molar-refractivity contribution is -0.135. The molecule has 2 heterocycles. The molecule has 0 N–H and O–H groups in total. The van der Waals surface area contributed by atoms with Gasteiger partial charge in [0, 0.05) is 37.4 Å². The highest BCUT2D eigenvalue weighted by Gasteiger charge is 2.34. The molecular formula is C19H19N3O6. The van der Waals surface area contributed by atoms with Gasteiger partial charge in [0.1, 0.15) is 0 Å². The van der Waals surface area contributed by atoms with Crippen LogP contribution in [0.4, 0.5) is 0 Å². The molecule has 28 heavy (non-hydrogen) atoms. The van der Waals surface area contributed by atoms with E-state index in [1.54, 1.807) is 36.7 Å². The van der Waals surface area contributed by atoms with Gasteiger partial charge in [0.2, 0.25) is 23.8 Å². The van der Waals surface area contributed by atoms with Crippen molar-refractivity contribution in [1.29, 1.82) is 0 Å². The van der Waals surface area contributed by atoms with Gasteiger partial charge in [0.15, 0.2) is 11.5 Å². The SMILES string of the molecule is COc1cc(C2=NN(C(C)=O)[C@H](c3cccnc3)O2)cc(OC)c1OC(C)=O. The smallest absolute Gasteiger partial charge is 0.308 e. The average Bonchev–Trinajstić information content (AvgIpc) is 3.14. The molecular weight excluding hydrogens is 366 g/mol. The third kappa shape index (κ3) is 3.73. The van der Waals surface area contributed by atoms with Crippen LogP contribution in [0.25, 0.3) is 0 Å². The molecule has 1 aliphatic heterocycles. The Balaban J connectivity index is 2.02. The van der Waals surface area contributed by atoms with E-state index in [0.29, 0.717) is 11.1 Å². The fraction of sp³-hybridized carbons (Fsp3) is 0.263. The molecule has 2 aromatic rings. The Labute approximate surface area is 161 Å². The Bertz CT molecular complexity index is 904. The van der Waals surface area contributed by atoms with E-state index in [1.807, 2.05) is 0 Å². The minimum atomic E-state index is -0.744. The van der Waals surface area contributed by atoms with Crippen LogP contribution in [0.2, 0.25) is 0 Å². The van der Waals surface area contributed by atoms with E-state index in [-0.39, 0.29) is 29.1 Å². The van der Waals surface area contributed by atoms with Crippen molar-refractivity contribution in [2.24, 2.45) is 5.10 Å². The fourth-order valence-electron chi connectivity index (χ4n) is 2.67. The van der Waals surface area contributed by atoms with Gasteiger partial charge in [-0.15, -0.1) is 5.10 Å². The highest BCUT2D eigenvalue weighted by atomic mass is 16.6. The second kappa shape index (κ2) is 7.95. The van der Waals surface area contributed by atoms with Crippen molar-refractivity contribution in [3.8, 4) is 17.2 Å². The quantitative estimate of drug-likeness (QED) is 0.575. The molecule has 9 nitrogen and oxygen atoms in total. The first kappa shape index (κ1) is 19.2. The van der Waals surface area contributed by atoms with E-state index in [0.717, 1.165) is 0 Å². The molecule has 0 bridgehead atoms. The normalized spacial score (nSPS) is 15.5. The second-order valence-corrected chi connectivity index (χ2v) is 5.83. The van der Waals surface area contributed by atoms with Crippen LogP contribution in [-0.2, 0) is 14.3 Å². The van der Waals surface area contributed by atoms with Crippen LogP contribution in [0.15, 0.2) is 41.8 Å². The lowest BCUT2D eigenvalue weighted by Gasteiger charge is -2.19. The van der Waals surface area contributed by atoms with Crippen molar-refractivity contribution >= 4 is 17.8 Å². The molecule has 3 rings (SSSR count). The number of benzene rings is 1. The first-order valence-electron chi connectivity index (χ1n) is 8.34. The summed E-state index contributed by atoms with van der Waals surface area (Å²) in [5, 5.41) is 5.52. The summed E-state index contributed by atoms with van der Waals surface area (Å²) in [6.45, 7) is 2.67. The number of pyridine rings is 1. The zero-order valence-corrected chi connectivity index (χ0v) is 15.8. The van der Waals surface area contributed by atoms with Crippen LogP contribution in [-0.4, -0.2) is 42.0 Å². The molecule has 1 amide bonds. The van der Waals surface area contributed by atoms with E-state index in [2.05, 4.69) is 10.1 Å². The minimum Gasteiger partial charge on any atom is -0.493 e. The zero-order valence-electron chi connectivity index (χ0n) is 15.8. The maximum atomic E-state index is 12.0. The summed E-state index contributed by atoms with van der Waals surface area (Å²) in [5.41, 5.74) is 1.16. The van der Waals surface area contributed by atoms with Crippen LogP contribution in [0, 0.1) is 0 Å². The van der Waals surface area contributed by atoms with Gasteiger partial charge in [-0.2, -0.15) is 5.01 Å². The molecule has 0 saturated carbocycles. The number of ether oxygens (including phenoxy) is 4. The van der Waals surface area contributed by atoms with Gasteiger partial charge >= 0.3 is 5.97 Å². The number of rotatable bonds is 5. The van der Waals surface area contributed by atoms with Gasteiger partial charge < -0.3 is 18.9 Å². The number of hydrogen-bond donors (Lipinski definition) is 0. The summed E-state index contributed by atoms with van der Waals surface area (Å²) >= 11 is 0. The number of carbonyl (C=O) groups excluding carboxylic acids is 2. The number of nitrogens with zero attached hydrogens (tertiary/aromatic N) is 3. The Morgan fingerprint density at radius 2 is 1.82 bits per heavy atom. The molecule has 1 aliphatic rings. The summed E-state index contributed by atoms with van der Waals surface area (Å²) in [5.74, 6) is 0.0460. The van der Waals surface area contributed by atoms with Gasteiger partial charge in [-0.05, 0) is 18.2 Å². The third-order valence-electron chi connectivity index (χ3n) is 3.89. The maximum absolute atomic E-state index is 12.0. The van der Waals surface area contributed by atoms with Crippen molar-refractivity contribution in [1.82, 2.24) is 9.99 Å². The number of hydrogen-bond acceptors (Lipinski definition) is 8. The molecule has 1 aromatic heterocycles. The Morgan fingerprint density at radius 3 is 2.32 bits per heavy atom. The predicted molar refractivity (Wildman–Crippen MR) is 98.0 cm³/mol. The summed E-state index contributed by atoms with van der Waals surface area (Å²) < 4.78 is 21.7. The molecule has 1 aromatic carbocycles. The molecule has 0 aliphatic carbocycles. The Morgan fingerprint density at radius 1 is 1.14 bits per heavy atom. The predicted octanol–water partition coefficient (Wildman–Crippen LogP) is 2.26. The van der Waals surface area contributed by atoms with E-state index < -0.39 is 12.2 Å². The van der Waals surface area contributed by atoms with E-state index >= 15 is 0 Å². The molecule has 146 valence electrons. The first-order chi connectivity index (χ1) is 13.4. The second-order valence-electron chi connectivity index (χ2n) is 5.83. The molecule has 9 heteroatoms. The van der Waals surface area contributed by atoms with Crippen molar-refractivity contribution in [3.63, 3.8) is 0 Å². The molecule has 0 saturated heterocycles. The number of amides is 1. The van der Waals surface area contributed by atoms with E-state index in [9.17, 15) is 9.59 Å². The maximum Gasteiger partial charge on any atom is 0.308 e. The lowest BCUT2D eigenvalue weighted by atomic mass is 10.1. The van der Waals surface area contributed by atoms with Crippen molar-refractivity contribution in [2.45, 2.75) is 20.1 Å². The average molecular weight is 385 g/mol. The molecule has 1 atom stereocenters. The fourth-order valence-corrected chi connectivity index (χ4v) is 2.67. The first-order valence-corrected chi connectivity index (χ1v) is 8.34. The molecule has 0 fully saturated rings. The Hall–Kier alpha value is -3.62. The van der Waals surface area contributed by atoms with Gasteiger partial charge in [-0.1, -0.05) is 6.07 Å². The number of hydrazone groups is 1. The van der Waals surface area contributed by atoms with Gasteiger partial charge in [-0.3, -0.25) is 14.6 Å². The molecule has 0 unspecified atom stereocenters. The minimum absolute atomic E-state index is 0.145. The van der Waals surface area contributed by atoms with Crippen LogP contribution in [0.3, 0.4) is 0 Å². The number of aromatic nitrogens is 1. The number of carbonyl (C=O) groups is 2. The number of esters is 1. The van der Waals surface area contributed by atoms with Gasteiger partial charge in [-0.25, -0.2) is 0 Å². The largest absolute Gasteiger partial charge is 0.493 e. The molecule has 0 spiro atoms. The van der Waals surface area contributed by atoms with Gasteiger partial charge in [0.05, 0.1) is 14.2 Å². The van der Waals surface area contributed by atoms with Crippen molar-refractivity contribution in [2.75, 3.05) is 14.2 Å². The number of methoxy groups -OCH3 is 2. The highest BCUT2D eigenvalue weighted by molar-refractivity contribution is 5.97. The van der Waals surface area contributed by atoms with Crippen LogP contribution < -0.4 is 14.2 Å². The summed E-state index contributed by atoms with van der Waals surface area (Å²) in [6.07, 6.45) is 2.48. The van der Waals surface area contributed by atoms with Gasteiger partial charge in [0.25, 0.3) is 0 Å². The standard InChI is InChI=1S/C19H19N3O6/c1-11(23)22-19(13-6-5-7-20-10-13)28-18(21-22)14-8-15(25-3)17(27-12(2)24)16(9-14)26-4/h5-10,19H,1-4H3/t19-/m0/s1. The summed E-state index contributed by atoms with van der Waals surface area (Å²) in [4.78, 5) is 27.5. The Kier molecular flexibility index (Phi) is 5.44. The van der Waals surface area contributed by atoms with Crippen LogP contribution in [0.5, 0.6) is 17.2 Å². The highest BCUT2D eigenvalue weighted by Crippen LogP contribution is 2.40. The van der Waals surface area contributed by atoms with E-state index in [1.165, 1.54) is 33.1 Å². The van der Waals surface area contributed by atoms with E-state index in [4.69, 9.17) is 18.9 Å². The zero-order chi connectivity index (χ0) is 20.3. The van der Waals surface area contributed by atoms with Crippen LogP contribution >= 0.6 is 0 Å². The molecule has 0 radical (unpaired) electrons. The topological polar surface area (TPSA) is 99.6 Å². The monoisotopic (exact) mass is 385 g/mol.